The maximum Gasteiger partial charge on any atom is 0.357 e. The van der Waals surface area contributed by atoms with Crippen molar-refractivity contribution < 1.29 is 19.1 Å². The maximum absolute atomic E-state index is 13.0. The summed E-state index contributed by atoms with van der Waals surface area (Å²) in [5, 5.41) is 16.2. The molecule has 0 aliphatic carbocycles. The molecule has 170 valence electrons. The number of nitrogens with zero attached hydrogens (tertiary/aromatic N) is 4. The molecule has 3 aromatic rings. The van der Waals surface area contributed by atoms with Crippen LogP contribution in [-0.2, 0) is 14.3 Å². The lowest BCUT2D eigenvalue weighted by Gasteiger charge is -2.11. The molecule has 0 spiro atoms. The van der Waals surface area contributed by atoms with Gasteiger partial charge in [-0.2, -0.15) is 20.3 Å². The summed E-state index contributed by atoms with van der Waals surface area (Å²) >= 11 is 0. The fourth-order valence-electron chi connectivity index (χ4n) is 3.19. The Morgan fingerprint density at radius 2 is 1.62 bits per heavy atom. The van der Waals surface area contributed by atoms with E-state index >= 15 is 0 Å². The number of azo groups is 1. The third-order valence-corrected chi connectivity index (χ3v) is 4.84. The second kappa shape index (κ2) is 10.3. The molecule has 1 heterocycles. The van der Waals surface area contributed by atoms with Crippen molar-refractivity contribution in [2.45, 2.75) is 13.0 Å². The molecule has 2 amide bonds. The van der Waals surface area contributed by atoms with Crippen molar-refractivity contribution in [3.63, 3.8) is 0 Å². The highest BCUT2D eigenvalue weighted by atomic mass is 16.5. The number of para-hydroxylation sites is 2. The van der Waals surface area contributed by atoms with Gasteiger partial charge in [-0.15, -0.1) is 0 Å². The van der Waals surface area contributed by atoms with E-state index in [1.807, 2.05) is 18.2 Å². The van der Waals surface area contributed by atoms with Crippen LogP contribution in [0.3, 0.4) is 0 Å². The molecule has 4 rings (SSSR count). The van der Waals surface area contributed by atoms with Crippen molar-refractivity contribution in [3.05, 3.63) is 90.5 Å². The van der Waals surface area contributed by atoms with Crippen LogP contribution in [0, 0.1) is 0 Å². The average molecular weight is 455 g/mol. The van der Waals surface area contributed by atoms with Gasteiger partial charge in [0.1, 0.15) is 0 Å². The normalized spacial score (nSPS) is 15.3. The molecule has 0 radical (unpaired) electrons. The number of esters is 1. The number of carbonyl (C=O) groups is 3. The smallest absolute Gasteiger partial charge is 0.357 e. The van der Waals surface area contributed by atoms with Gasteiger partial charge in [0.05, 0.1) is 18.0 Å². The molecule has 9 nitrogen and oxygen atoms in total. The largest absolute Gasteiger partial charge is 0.461 e. The molecule has 1 aliphatic heterocycles. The Morgan fingerprint density at radius 3 is 2.26 bits per heavy atom. The Hall–Kier alpha value is -4.66. The fourth-order valence-corrected chi connectivity index (χ4v) is 3.19. The van der Waals surface area contributed by atoms with Crippen LogP contribution in [0.5, 0.6) is 0 Å². The Kier molecular flexibility index (Phi) is 6.83. The summed E-state index contributed by atoms with van der Waals surface area (Å²) in [4.78, 5) is 37.7. The standard InChI is InChI=1S/C25H21N5O4/c1-2-34-25(33)22-21(24(32)30(29-22)20-11-7-4-8-12-20)28-27-19-15-13-17(14-16-19)23(31)26-18-9-5-3-6-10-18/h3-16,21H,2H2,1H3,(H,26,31). The molecule has 3 aromatic carbocycles. The van der Waals surface area contributed by atoms with E-state index in [0.717, 1.165) is 5.01 Å². The number of carbonyl (C=O) groups excluding carboxylic acids is 3. The molecule has 1 N–H and O–H groups in total. The van der Waals surface area contributed by atoms with E-state index in [9.17, 15) is 14.4 Å². The number of ether oxygens (including phenoxy) is 1. The molecule has 0 saturated heterocycles. The molecule has 0 aromatic heterocycles. The fraction of sp³-hybridized carbons (Fsp3) is 0.120. The van der Waals surface area contributed by atoms with Gasteiger partial charge in [-0.1, -0.05) is 36.4 Å². The van der Waals surface area contributed by atoms with Gasteiger partial charge in [-0.25, -0.2) is 4.79 Å². The zero-order chi connectivity index (χ0) is 23.9. The van der Waals surface area contributed by atoms with Gasteiger partial charge >= 0.3 is 5.97 Å². The maximum atomic E-state index is 13.0. The lowest BCUT2D eigenvalue weighted by atomic mass is 10.2. The average Bonchev–Trinajstić information content (AvgIpc) is 3.20. The highest BCUT2D eigenvalue weighted by molar-refractivity contribution is 6.46. The number of benzene rings is 3. The van der Waals surface area contributed by atoms with Gasteiger partial charge < -0.3 is 10.1 Å². The van der Waals surface area contributed by atoms with Crippen LogP contribution in [0.2, 0.25) is 0 Å². The SMILES string of the molecule is CCOC(=O)C1=NN(c2ccccc2)C(=O)C1N=Nc1ccc(C(=O)Nc2ccccc2)cc1. The number of rotatable bonds is 7. The Bertz CT molecular complexity index is 1240. The van der Waals surface area contributed by atoms with Crippen molar-refractivity contribution in [3.8, 4) is 0 Å². The summed E-state index contributed by atoms with van der Waals surface area (Å²) in [5.74, 6) is -1.51. The number of hydrogen-bond acceptors (Lipinski definition) is 7. The first-order chi connectivity index (χ1) is 16.6. The predicted octanol–water partition coefficient (Wildman–Crippen LogP) is 4.36. The van der Waals surface area contributed by atoms with E-state index in [1.165, 1.54) is 0 Å². The zero-order valence-corrected chi connectivity index (χ0v) is 18.3. The van der Waals surface area contributed by atoms with E-state index < -0.39 is 17.9 Å². The zero-order valence-electron chi connectivity index (χ0n) is 18.3. The minimum absolute atomic E-state index is 0.133. The molecule has 0 saturated carbocycles. The molecule has 1 atom stereocenters. The summed E-state index contributed by atoms with van der Waals surface area (Å²) in [6.45, 7) is 1.80. The van der Waals surface area contributed by atoms with Gasteiger partial charge in [0.25, 0.3) is 11.8 Å². The van der Waals surface area contributed by atoms with E-state index in [4.69, 9.17) is 4.74 Å². The van der Waals surface area contributed by atoms with Gasteiger partial charge in [0.2, 0.25) is 6.04 Å². The molecule has 0 bridgehead atoms. The summed E-state index contributed by atoms with van der Waals surface area (Å²) in [5.41, 5.74) is 1.89. The summed E-state index contributed by atoms with van der Waals surface area (Å²) in [6, 6.07) is 23.0. The molecular formula is C25H21N5O4. The number of hydrazone groups is 1. The van der Waals surface area contributed by atoms with Crippen LogP contribution in [-0.4, -0.2) is 36.1 Å². The Balaban J connectivity index is 1.51. The minimum Gasteiger partial charge on any atom is -0.461 e. The van der Waals surface area contributed by atoms with E-state index in [0.29, 0.717) is 22.6 Å². The molecule has 9 heteroatoms. The van der Waals surface area contributed by atoms with Crippen LogP contribution >= 0.6 is 0 Å². The first-order valence-electron chi connectivity index (χ1n) is 10.6. The third-order valence-electron chi connectivity index (χ3n) is 4.84. The first kappa shape index (κ1) is 22.5. The van der Waals surface area contributed by atoms with E-state index in [2.05, 4.69) is 20.6 Å². The lowest BCUT2D eigenvalue weighted by molar-refractivity contribution is -0.135. The number of hydrogen-bond donors (Lipinski definition) is 1. The predicted molar refractivity (Wildman–Crippen MR) is 127 cm³/mol. The number of nitrogens with one attached hydrogen (secondary N) is 1. The summed E-state index contributed by atoms with van der Waals surface area (Å²) in [7, 11) is 0. The van der Waals surface area contributed by atoms with Crippen LogP contribution < -0.4 is 10.3 Å². The highest BCUT2D eigenvalue weighted by Gasteiger charge is 2.41. The molecule has 34 heavy (non-hydrogen) atoms. The molecule has 1 unspecified atom stereocenters. The van der Waals surface area contributed by atoms with Crippen molar-refractivity contribution in [2.75, 3.05) is 16.9 Å². The summed E-state index contributed by atoms with van der Waals surface area (Å²) in [6.07, 6.45) is 0. The van der Waals surface area contributed by atoms with Crippen molar-refractivity contribution >= 4 is 40.6 Å². The van der Waals surface area contributed by atoms with Gasteiger partial charge in [0, 0.05) is 11.3 Å². The number of anilines is 2. The third kappa shape index (κ3) is 5.04. The lowest BCUT2D eigenvalue weighted by Crippen LogP contribution is -2.33. The molecule has 1 aliphatic rings. The first-order valence-corrected chi connectivity index (χ1v) is 10.6. The Labute approximate surface area is 195 Å². The van der Waals surface area contributed by atoms with Crippen LogP contribution in [0.1, 0.15) is 17.3 Å². The van der Waals surface area contributed by atoms with Crippen LogP contribution in [0.4, 0.5) is 17.1 Å². The minimum atomic E-state index is -1.24. The van der Waals surface area contributed by atoms with Gasteiger partial charge in [0.15, 0.2) is 5.71 Å². The van der Waals surface area contributed by atoms with Crippen LogP contribution in [0.25, 0.3) is 0 Å². The summed E-state index contributed by atoms with van der Waals surface area (Å²) < 4.78 is 5.04. The van der Waals surface area contributed by atoms with E-state index in [-0.39, 0.29) is 18.2 Å². The van der Waals surface area contributed by atoms with Gasteiger partial charge in [-0.3, -0.25) is 9.59 Å². The number of amides is 2. The highest BCUT2D eigenvalue weighted by Crippen LogP contribution is 2.24. The van der Waals surface area contributed by atoms with Crippen molar-refractivity contribution in [2.24, 2.45) is 15.3 Å². The van der Waals surface area contributed by atoms with Gasteiger partial charge in [-0.05, 0) is 55.5 Å². The quantitative estimate of drug-likeness (QED) is 0.421. The monoisotopic (exact) mass is 455 g/mol. The second-order valence-electron chi connectivity index (χ2n) is 7.18. The van der Waals surface area contributed by atoms with E-state index in [1.54, 1.807) is 73.7 Å². The Morgan fingerprint density at radius 1 is 0.971 bits per heavy atom. The van der Waals surface area contributed by atoms with Crippen molar-refractivity contribution in [1.29, 1.82) is 0 Å². The van der Waals surface area contributed by atoms with Crippen LogP contribution in [0.15, 0.2) is 100 Å². The molecule has 0 fully saturated rings. The topological polar surface area (TPSA) is 113 Å². The molecular weight excluding hydrogens is 434 g/mol. The van der Waals surface area contributed by atoms with Crippen molar-refractivity contribution in [1.82, 2.24) is 0 Å². The second-order valence-corrected chi connectivity index (χ2v) is 7.18.